The van der Waals surface area contributed by atoms with Gasteiger partial charge in [-0.1, -0.05) is 30.3 Å². The molecule has 0 saturated carbocycles. The molecule has 112 valence electrons. The summed E-state index contributed by atoms with van der Waals surface area (Å²) in [4.78, 5) is 0. The Hall–Kier alpha value is -2.59. The fourth-order valence-corrected chi connectivity index (χ4v) is 2.39. The standard InChI is InChI=1S/C18H19N3O/c1-2-22-17-10-8-16(9-11-17)21-18(12-15(13-19)20-21)14-6-4-3-5-7-14/h3-12H,2,13,19H2,1H3. The van der Waals surface area contributed by atoms with Gasteiger partial charge < -0.3 is 10.5 Å². The summed E-state index contributed by atoms with van der Waals surface area (Å²) in [6.07, 6.45) is 0. The van der Waals surface area contributed by atoms with Crippen LogP contribution in [0.5, 0.6) is 5.75 Å². The number of aromatic nitrogens is 2. The lowest BCUT2D eigenvalue weighted by molar-refractivity contribution is 0.340. The average molecular weight is 293 g/mol. The number of nitrogens with zero attached hydrogens (tertiary/aromatic N) is 2. The minimum atomic E-state index is 0.420. The van der Waals surface area contributed by atoms with Crippen molar-refractivity contribution < 1.29 is 4.74 Å². The summed E-state index contributed by atoms with van der Waals surface area (Å²) in [5, 5.41) is 4.60. The summed E-state index contributed by atoms with van der Waals surface area (Å²) >= 11 is 0. The van der Waals surface area contributed by atoms with Gasteiger partial charge in [-0.2, -0.15) is 5.10 Å². The highest BCUT2D eigenvalue weighted by molar-refractivity contribution is 5.62. The van der Waals surface area contributed by atoms with Gasteiger partial charge in [0.25, 0.3) is 0 Å². The van der Waals surface area contributed by atoms with Crippen molar-refractivity contribution in [2.45, 2.75) is 13.5 Å². The van der Waals surface area contributed by atoms with E-state index in [2.05, 4.69) is 17.2 Å². The smallest absolute Gasteiger partial charge is 0.119 e. The van der Waals surface area contributed by atoms with Crippen LogP contribution in [0.1, 0.15) is 12.6 Å². The summed E-state index contributed by atoms with van der Waals surface area (Å²) in [5.41, 5.74) is 9.76. The molecular weight excluding hydrogens is 274 g/mol. The second-order valence-corrected chi connectivity index (χ2v) is 4.93. The molecule has 0 atom stereocenters. The second kappa shape index (κ2) is 6.45. The van der Waals surface area contributed by atoms with Crippen LogP contribution in [-0.4, -0.2) is 16.4 Å². The minimum Gasteiger partial charge on any atom is -0.494 e. The summed E-state index contributed by atoms with van der Waals surface area (Å²) in [6.45, 7) is 3.06. The minimum absolute atomic E-state index is 0.420. The van der Waals surface area contributed by atoms with E-state index in [1.54, 1.807) is 0 Å². The highest BCUT2D eigenvalue weighted by Gasteiger charge is 2.10. The van der Waals surface area contributed by atoms with E-state index < -0.39 is 0 Å². The monoisotopic (exact) mass is 293 g/mol. The molecule has 1 aromatic heterocycles. The zero-order valence-electron chi connectivity index (χ0n) is 12.6. The normalized spacial score (nSPS) is 10.6. The Morgan fingerprint density at radius 3 is 2.41 bits per heavy atom. The van der Waals surface area contributed by atoms with Crippen LogP contribution in [0.3, 0.4) is 0 Å². The molecule has 0 amide bonds. The van der Waals surface area contributed by atoms with E-state index in [0.29, 0.717) is 13.2 Å². The maximum Gasteiger partial charge on any atom is 0.119 e. The molecule has 1 heterocycles. The largest absolute Gasteiger partial charge is 0.494 e. The number of hydrogen-bond acceptors (Lipinski definition) is 3. The fraction of sp³-hybridized carbons (Fsp3) is 0.167. The number of ether oxygens (including phenoxy) is 1. The lowest BCUT2D eigenvalue weighted by atomic mass is 10.1. The van der Waals surface area contributed by atoms with Gasteiger partial charge in [0.15, 0.2) is 0 Å². The van der Waals surface area contributed by atoms with Crippen LogP contribution >= 0.6 is 0 Å². The zero-order chi connectivity index (χ0) is 15.4. The Balaban J connectivity index is 2.04. The van der Waals surface area contributed by atoms with Crippen molar-refractivity contribution in [1.29, 1.82) is 0 Å². The van der Waals surface area contributed by atoms with Gasteiger partial charge in [0.05, 0.1) is 23.7 Å². The topological polar surface area (TPSA) is 53.1 Å². The molecule has 0 aliphatic rings. The average Bonchev–Trinajstić information content (AvgIpc) is 3.01. The molecule has 0 spiro atoms. The summed E-state index contributed by atoms with van der Waals surface area (Å²) in [5.74, 6) is 0.860. The molecule has 2 N–H and O–H groups in total. The third kappa shape index (κ3) is 2.87. The molecule has 2 aromatic carbocycles. The first-order valence-electron chi connectivity index (χ1n) is 7.39. The summed E-state index contributed by atoms with van der Waals surface area (Å²) in [6, 6.07) is 20.1. The van der Waals surface area contributed by atoms with Crippen LogP contribution in [0.25, 0.3) is 16.9 Å². The van der Waals surface area contributed by atoms with Gasteiger partial charge >= 0.3 is 0 Å². The van der Waals surface area contributed by atoms with Crippen molar-refractivity contribution in [3.63, 3.8) is 0 Å². The van der Waals surface area contributed by atoms with Crippen LogP contribution in [0, 0.1) is 0 Å². The maximum absolute atomic E-state index is 5.76. The molecule has 4 nitrogen and oxygen atoms in total. The molecule has 3 aromatic rings. The third-order valence-corrected chi connectivity index (χ3v) is 3.43. The second-order valence-electron chi connectivity index (χ2n) is 4.93. The molecule has 22 heavy (non-hydrogen) atoms. The number of benzene rings is 2. The van der Waals surface area contributed by atoms with E-state index in [-0.39, 0.29) is 0 Å². The van der Waals surface area contributed by atoms with E-state index in [1.807, 2.05) is 60.1 Å². The van der Waals surface area contributed by atoms with E-state index in [4.69, 9.17) is 10.5 Å². The SMILES string of the molecule is CCOc1ccc(-n2nc(CN)cc2-c2ccccc2)cc1. The van der Waals surface area contributed by atoms with E-state index in [9.17, 15) is 0 Å². The molecule has 0 saturated heterocycles. The van der Waals surface area contributed by atoms with Gasteiger partial charge in [-0.15, -0.1) is 0 Å². The Labute approximate surface area is 130 Å². The van der Waals surface area contributed by atoms with Crippen LogP contribution in [0.4, 0.5) is 0 Å². The maximum atomic E-state index is 5.76. The molecule has 3 rings (SSSR count). The van der Waals surface area contributed by atoms with Gasteiger partial charge in [0.2, 0.25) is 0 Å². The van der Waals surface area contributed by atoms with Gasteiger partial charge in [0.1, 0.15) is 5.75 Å². The summed E-state index contributed by atoms with van der Waals surface area (Å²) in [7, 11) is 0. The molecule has 0 aliphatic carbocycles. The Morgan fingerprint density at radius 2 is 1.77 bits per heavy atom. The Kier molecular flexibility index (Phi) is 4.21. The number of nitrogens with two attached hydrogens (primary N) is 1. The molecule has 0 bridgehead atoms. The summed E-state index contributed by atoms with van der Waals surface area (Å²) < 4.78 is 7.41. The molecule has 0 unspecified atom stereocenters. The van der Waals surface area contributed by atoms with Crippen molar-refractivity contribution in [2.75, 3.05) is 6.61 Å². The predicted molar refractivity (Wildman–Crippen MR) is 88.1 cm³/mol. The van der Waals surface area contributed by atoms with Crippen molar-refractivity contribution in [1.82, 2.24) is 9.78 Å². The first-order chi connectivity index (χ1) is 10.8. The van der Waals surface area contributed by atoms with E-state index in [1.165, 1.54) is 0 Å². The molecule has 0 fully saturated rings. The predicted octanol–water partition coefficient (Wildman–Crippen LogP) is 3.40. The van der Waals surface area contributed by atoms with E-state index in [0.717, 1.165) is 28.4 Å². The molecule has 0 radical (unpaired) electrons. The van der Waals surface area contributed by atoms with E-state index >= 15 is 0 Å². The van der Waals surface area contributed by atoms with Crippen LogP contribution in [-0.2, 0) is 6.54 Å². The van der Waals surface area contributed by atoms with Crippen molar-refractivity contribution >= 4 is 0 Å². The highest BCUT2D eigenvalue weighted by Crippen LogP contribution is 2.25. The zero-order valence-corrected chi connectivity index (χ0v) is 12.6. The molecule has 0 aliphatic heterocycles. The Morgan fingerprint density at radius 1 is 1.05 bits per heavy atom. The van der Waals surface area contributed by atoms with Crippen LogP contribution in [0.15, 0.2) is 60.7 Å². The van der Waals surface area contributed by atoms with Gasteiger partial charge in [0, 0.05) is 12.1 Å². The van der Waals surface area contributed by atoms with Gasteiger partial charge in [-0.25, -0.2) is 4.68 Å². The third-order valence-electron chi connectivity index (χ3n) is 3.43. The molecule has 4 heteroatoms. The lowest BCUT2D eigenvalue weighted by Crippen LogP contribution is -2.02. The fourth-order valence-electron chi connectivity index (χ4n) is 2.39. The highest BCUT2D eigenvalue weighted by atomic mass is 16.5. The van der Waals surface area contributed by atoms with Gasteiger partial charge in [-0.05, 0) is 37.3 Å². The first kappa shape index (κ1) is 14.4. The quantitative estimate of drug-likeness (QED) is 0.784. The van der Waals surface area contributed by atoms with Crippen molar-refractivity contribution in [3.05, 3.63) is 66.4 Å². The van der Waals surface area contributed by atoms with Crippen LogP contribution in [0.2, 0.25) is 0 Å². The molecular formula is C18H19N3O. The van der Waals surface area contributed by atoms with Crippen LogP contribution < -0.4 is 10.5 Å². The van der Waals surface area contributed by atoms with Crippen molar-refractivity contribution in [2.24, 2.45) is 5.73 Å². The first-order valence-corrected chi connectivity index (χ1v) is 7.39. The van der Waals surface area contributed by atoms with Crippen molar-refractivity contribution in [3.8, 4) is 22.7 Å². The number of hydrogen-bond donors (Lipinski definition) is 1. The van der Waals surface area contributed by atoms with Gasteiger partial charge in [-0.3, -0.25) is 0 Å². The Bertz CT molecular complexity index is 733. The lowest BCUT2D eigenvalue weighted by Gasteiger charge is -2.09. The number of rotatable bonds is 5.